The molecule has 0 aromatic heterocycles. The maximum absolute atomic E-state index is 12.1. The van der Waals surface area contributed by atoms with E-state index in [4.69, 9.17) is 14.2 Å². The first kappa shape index (κ1) is 21.0. The predicted octanol–water partition coefficient (Wildman–Crippen LogP) is 2.79. The number of ether oxygens (including phenoxy) is 3. The van der Waals surface area contributed by atoms with Gasteiger partial charge in [-0.25, -0.2) is 9.59 Å². The third kappa shape index (κ3) is 7.09. The van der Waals surface area contributed by atoms with E-state index in [1.165, 1.54) is 0 Å². The number of hydrogen-bond donors (Lipinski definition) is 0. The summed E-state index contributed by atoms with van der Waals surface area (Å²) in [5.41, 5.74) is 0.0488. The Morgan fingerprint density at radius 2 is 1.67 bits per heavy atom. The molecule has 1 aliphatic heterocycles. The van der Waals surface area contributed by atoms with Crippen molar-refractivity contribution in [3.8, 4) is 5.75 Å². The van der Waals surface area contributed by atoms with Gasteiger partial charge < -0.3 is 19.1 Å². The normalized spacial score (nSPS) is 15.3. The fourth-order valence-corrected chi connectivity index (χ4v) is 2.67. The van der Waals surface area contributed by atoms with Crippen LogP contribution in [0.5, 0.6) is 5.75 Å². The summed E-state index contributed by atoms with van der Waals surface area (Å²) in [5.74, 6) is 0.391. The van der Waals surface area contributed by atoms with Gasteiger partial charge in [-0.2, -0.15) is 0 Å². The van der Waals surface area contributed by atoms with E-state index in [1.54, 1.807) is 36.1 Å². The van der Waals surface area contributed by atoms with Crippen molar-refractivity contribution >= 4 is 12.1 Å². The van der Waals surface area contributed by atoms with Crippen LogP contribution in [-0.4, -0.2) is 73.4 Å². The van der Waals surface area contributed by atoms with E-state index in [2.05, 4.69) is 4.90 Å². The van der Waals surface area contributed by atoms with Gasteiger partial charge in [0.2, 0.25) is 0 Å². The molecular weight excluding hydrogens is 348 g/mol. The predicted molar refractivity (Wildman–Crippen MR) is 102 cm³/mol. The zero-order valence-corrected chi connectivity index (χ0v) is 16.7. The number of carbonyl (C=O) groups excluding carboxylic acids is 2. The quantitative estimate of drug-likeness (QED) is 0.709. The van der Waals surface area contributed by atoms with Crippen LogP contribution in [0.4, 0.5) is 4.79 Å². The van der Waals surface area contributed by atoms with Gasteiger partial charge >= 0.3 is 12.1 Å². The van der Waals surface area contributed by atoms with Gasteiger partial charge in [0.05, 0.1) is 12.2 Å². The monoisotopic (exact) mass is 378 g/mol. The number of piperazine rings is 1. The molecule has 1 heterocycles. The average Bonchev–Trinajstić information content (AvgIpc) is 2.61. The first-order chi connectivity index (χ1) is 12.8. The highest BCUT2D eigenvalue weighted by Crippen LogP contribution is 2.14. The van der Waals surface area contributed by atoms with Gasteiger partial charge in [0.25, 0.3) is 0 Å². The van der Waals surface area contributed by atoms with Gasteiger partial charge in [-0.15, -0.1) is 0 Å². The van der Waals surface area contributed by atoms with Gasteiger partial charge in [-0.05, 0) is 52.0 Å². The molecule has 0 unspecified atom stereocenters. The highest BCUT2D eigenvalue weighted by Gasteiger charge is 2.25. The third-order valence-electron chi connectivity index (χ3n) is 4.07. The van der Waals surface area contributed by atoms with E-state index in [-0.39, 0.29) is 12.1 Å². The molecule has 150 valence electrons. The molecule has 7 nitrogen and oxygen atoms in total. The van der Waals surface area contributed by atoms with E-state index in [0.717, 1.165) is 25.4 Å². The molecule has 1 saturated heterocycles. The summed E-state index contributed by atoms with van der Waals surface area (Å²) in [6.07, 6.45) is -0.250. The van der Waals surface area contributed by atoms with Gasteiger partial charge in [0, 0.05) is 32.7 Å². The molecule has 1 fully saturated rings. The molecule has 0 saturated carbocycles. The first-order valence-electron chi connectivity index (χ1n) is 9.39. The Hall–Kier alpha value is -2.28. The number of carbonyl (C=O) groups is 2. The molecule has 2 rings (SSSR count). The Labute approximate surface area is 161 Å². The minimum Gasteiger partial charge on any atom is -0.492 e. The summed E-state index contributed by atoms with van der Waals surface area (Å²) in [7, 11) is 0. The lowest BCUT2D eigenvalue weighted by atomic mass is 10.2. The lowest BCUT2D eigenvalue weighted by molar-refractivity contribution is 0.0137. The van der Waals surface area contributed by atoms with Crippen LogP contribution in [0.3, 0.4) is 0 Å². The van der Waals surface area contributed by atoms with E-state index in [0.29, 0.717) is 31.9 Å². The highest BCUT2D eigenvalue weighted by atomic mass is 16.6. The molecule has 7 heteroatoms. The minimum atomic E-state index is -0.467. The number of esters is 1. The Morgan fingerprint density at radius 1 is 1.04 bits per heavy atom. The van der Waals surface area contributed by atoms with Crippen LogP contribution in [0.2, 0.25) is 0 Å². The van der Waals surface area contributed by atoms with E-state index >= 15 is 0 Å². The smallest absolute Gasteiger partial charge is 0.410 e. The highest BCUT2D eigenvalue weighted by molar-refractivity contribution is 5.89. The first-order valence-corrected chi connectivity index (χ1v) is 9.39. The summed E-state index contributed by atoms with van der Waals surface area (Å²) in [6.45, 7) is 12.0. The van der Waals surface area contributed by atoms with Crippen molar-refractivity contribution in [3.63, 3.8) is 0 Å². The van der Waals surface area contributed by atoms with E-state index < -0.39 is 5.60 Å². The van der Waals surface area contributed by atoms with Crippen molar-refractivity contribution in [2.75, 3.05) is 45.9 Å². The fraction of sp³-hybridized carbons (Fsp3) is 0.600. The molecule has 0 radical (unpaired) electrons. The zero-order valence-electron chi connectivity index (χ0n) is 16.7. The van der Waals surface area contributed by atoms with Crippen LogP contribution in [0.15, 0.2) is 24.3 Å². The summed E-state index contributed by atoms with van der Waals surface area (Å²) >= 11 is 0. The molecule has 0 N–H and O–H groups in total. The summed E-state index contributed by atoms with van der Waals surface area (Å²) in [5, 5.41) is 0. The van der Waals surface area contributed by atoms with Crippen molar-refractivity contribution in [1.82, 2.24) is 9.80 Å². The topological polar surface area (TPSA) is 68.3 Å². The molecule has 1 aliphatic rings. The van der Waals surface area contributed by atoms with Crippen molar-refractivity contribution in [2.24, 2.45) is 0 Å². The number of hydrogen-bond acceptors (Lipinski definition) is 6. The molecule has 1 amide bonds. The third-order valence-corrected chi connectivity index (χ3v) is 4.07. The molecule has 0 bridgehead atoms. The van der Waals surface area contributed by atoms with Crippen LogP contribution in [-0.2, 0) is 9.47 Å². The van der Waals surface area contributed by atoms with Crippen LogP contribution < -0.4 is 4.74 Å². The van der Waals surface area contributed by atoms with Gasteiger partial charge in [-0.1, -0.05) is 0 Å². The average molecular weight is 378 g/mol. The van der Waals surface area contributed by atoms with Crippen molar-refractivity contribution in [3.05, 3.63) is 29.8 Å². The van der Waals surface area contributed by atoms with Crippen molar-refractivity contribution in [1.29, 1.82) is 0 Å². The van der Waals surface area contributed by atoms with Crippen molar-refractivity contribution < 1.29 is 23.8 Å². The van der Waals surface area contributed by atoms with E-state index in [1.807, 2.05) is 20.8 Å². The Kier molecular flexibility index (Phi) is 7.47. The SMILES string of the molecule is CCOC(=O)c1ccc(OCCN2CCN(C(=O)OC(C)(C)C)CC2)cc1. The summed E-state index contributed by atoms with van der Waals surface area (Å²) < 4.78 is 16.1. The molecule has 1 aromatic carbocycles. The lowest BCUT2D eigenvalue weighted by Gasteiger charge is -2.35. The van der Waals surface area contributed by atoms with Crippen LogP contribution in [0.1, 0.15) is 38.1 Å². The molecule has 0 aliphatic carbocycles. The second-order valence-corrected chi connectivity index (χ2v) is 7.40. The van der Waals surface area contributed by atoms with Crippen LogP contribution in [0.25, 0.3) is 0 Å². The molecule has 0 atom stereocenters. The second-order valence-electron chi connectivity index (χ2n) is 7.40. The maximum Gasteiger partial charge on any atom is 0.410 e. The Balaban J connectivity index is 1.68. The van der Waals surface area contributed by atoms with Gasteiger partial charge in [-0.3, -0.25) is 4.90 Å². The lowest BCUT2D eigenvalue weighted by Crippen LogP contribution is -2.50. The maximum atomic E-state index is 12.1. The number of rotatable bonds is 6. The van der Waals surface area contributed by atoms with E-state index in [9.17, 15) is 9.59 Å². The molecule has 0 spiro atoms. The van der Waals surface area contributed by atoms with Gasteiger partial charge in [0.15, 0.2) is 0 Å². The fourth-order valence-electron chi connectivity index (χ4n) is 2.67. The summed E-state index contributed by atoms with van der Waals surface area (Å²) in [6, 6.07) is 6.94. The standard InChI is InChI=1S/C20H30N2O5/c1-5-25-18(23)16-6-8-17(9-7-16)26-15-14-21-10-12-22(13-11-21)19(24)27-20(2,3)4/h6-9H,5,10-15H2,1-4H3. The van der Waals surface area contributed by atoms with Gasteiger partial charge in [0.1, 0.15) is 18.0 Å². The molecule has 27 heavy (non-hydrogen) atoms. The number of nitrogens with zero attached hydrogens (tertiary/aromatic N) is 2. The Morgan fingerprint density at radius 3 is 2.22 bits per heavy atom. The molecular formula is C20H30N2O5. The van der Waals surface area contributed by atoms with Crippen LogP contribution in [0, 0.1) is 0 Å². The summed E-state index contributed by atoms with van der Waals surface area (Å²) in [4.78, 5) is 27.7. The second kappa shape index (κ2) is 9.60. The zero-order chi connectivity index (χ0) is 19.9. The van der Waals surface area contributed by atoms with Crippen LogP contribution >= 0.6 is 0 Å². The minimum absolute atomic E-state index is 0.250. The number of amides is 1. The number of benzene rings is 1. The largest absolute Gasteiger partial charge is 0.492 e. The molecule has 1 aromatic rings. The Bertz CT molecular complexity index is 616. The van der Waals surface area contributed by atoms with Crippen molar-refractivity contribution in [2.45, 2.75) is 33.3 Å².